The summed E-state index contributed by atoms with van der Waals surface area (Å²) in [6, 6.07) is 14.6. The molecule has 1 fully saturated rings. The molecule has 32 heavy (non-hydrogen) atoms. The summed E-state index contributed by atoms with van der Waals surface area (Å²) in [4.78, 5) is 9.46. The van der Waals surface area contributed by atoms with E-state index in [1.54, 1.807) is 12.1 Å². The van der Waals surface area contributed by atoms with Crippen LogP contribution in [-0.2, 0) is 16.4 Å². The van der Waals surface area contributed by atoms with Crippen LogP contribution in [0.2, 0.25) is 5.02 Å². The monoisotopic (exact) mass is 491 g/mol. The van der Waals surface area contributed by atoms with E-state index in [-0.39, 0.29) is 4.90 Å². The van der Waals surface area contributed by atoms with Crippen LogP contribution in [0, 0.1) is 6.92 Å². The molecule has 7 nitrogen and oxygen atoms in total. The second-order valence-electron chi connectivity index (χ2n) is 7.84. The predicted molar refractivity (Wildman–Crippen MR) is 129 cm³/mol. The van der Waals surface area contributed by atoms with E-state index in [4.69, 9.17) is 16.6 Å². The van der Waals surface area contributed by atoms with E-state index in [0.717, 1.165) is 43.6 Å². The first kappa shape index (κ1) is 23.1. The fourth-order valence-electron chi connectivity index (χ4n) is 3.53. The van der Waals surface area contributed by atoms with Crippen LogP contribution in [-0.4, -0.2) is 61.9 Å². The fraction of sp³-hybridized carbons (Fsp3) is 0.364. The highest BCUT2D eigenvalue weighted by atomic mass is 35.5. The van der Waals surface area contributed by atoms with E-state index < -0.39 is 10.0 Å². The number of sulfonamides is 1. The van der Waals surface area contributed by atoms with Gasteiger partial charge in [-0.1, -0.05) is 41.4 Å². The summed E-state index contributed by atoms with van der Waals surface area (Å²) in [5.41, 5.74) is 2.46. The van der Waals surface area contributed by atoms with Gasteiger partial charge in [-0.25, -0.2) is 18.1 Å². The van der Waals surface area contributed by atoms with Gasteiger partial charge in [0.05, 0.1) is 4.90 Å². The lowest BCUT2D eigenvalue weighted by atomic mass is 10.1. The molecule has 1 aromatic heterocycles. The Hall–Kier alpha value is -2.04. The third-order valence-electron chi connectivity index (χ3n) is 5.43. The van der Waals surface area contributed by atoms with Gasteiger partial charge in [-0.05, 0) is 36.8 Å². The first-order valence-corrected chi connectivity index (χ1v) is 13.1. The summed E-state index contributed by atoms with van der Waals surface area (Å²) in [6.45, 7) is 6.52. The van der Waals surface area contributed by atoms with Gasteiger partial charge in [0.25, 0.3) is 0 Å². The van der Waals surface area contributed by atoms with Gasteiger partial charge in [-0.2, -0.15) is 4.37 Å². The molecule has 0 aliphatic carbocycles. The van der Waals surface area contributed by atoms with Gasteiger partial charge in [0, 0.05) is 62.2 Å². The number of halogens is 1. The maximum atomic E-state index is 12.4. The number of aromatic nitrogens is 2. The van der Waals surface area contributed by atoms with Gasteiger partial charge in [0.15, 0.2) is 0 Å². The number of nitrogens with zero attached hydrogens (tertiary/aromatic N) is 4. The molecule has 0 bridgehead atoms. The standard InChI is InChI=1S/C22H26ClN5O2S2/c1-17-2-4-18(5-3-17)16-21-25-22(31-26-21)28-14-12-27(13-15-28)11-10-24-32(29,30)20-8-6-19(23)7-9-20/h2-9,24H,10-16H2,1H3. The van der Waals surface area contributed by atoms with Crippen LogP contribution in [0.5, 0.6) is 0 Å². The van der Waals surface area contributed by atoms with E-state index >= 15 is 0 Å². The number of hydrogen-bond donors (Lipinski definition) is 1. The van der Waals surface area contributed by atoms with Crippen LogP contribution in [0.15, 0.2) is 53.4 Å². The highest BCUT2D eigenvalue weighted by Gasteiger charge is 2.21. The Balaban J connectivity index is 1.23. The normalized spacial score (nSPS) is 15.2. The van der Waals surface area contributed by atoms with Crippen molar-refractivity contribution in [1.82, 2.24) is 19.0 Å². The predicted octanol–water partition coefficient (Wildman–Crippen LogP) is 3.19. The molecule has 2 aromatic carbocycles. The van der Waals surface area contributed by atoms with Crippen molar-refractivity contribution in [3.8, 4) is 0 Å². The summed E-state index contributed by atoms with van der Waals surface area (Å²) in [5, 5.41) is 1.47. The Bertz CT molecular complexity index is 1130. The minimum absolute atomic E-state index is 0.226. The lowest BCUT2D eigenvalue weighted by Gasteiger charge is -2.34. The van der Waals surface area contributed by atoms with Crippen molar-refractivity contribution in [2.75, 3.05) is 44.2 Å². The van der Waals surface area contributed by atoms with E-state index in [1.807, 2.05) is 0 Å². The molecular formula is C22H26ClN5O2S2. The zero-order chi connectivity index (χ0) is 22.6. The SMILES string of the molecule is Cc1ccc(Cc2nsc(N3CCN(CCNS(=O)(=O)c4ccc(Cl)cc4)CC3)n2)cc1. The van der Waals surface area contributed by atoms with Crippen LogP contribution in [0.3, 0.4) is 0 Å². The minimum Gasteiger partial charge on any atom is -0.344 e. The maximum Gasteiger partial charge on any atom is 0.240 e. The molecule has 1 aliphatic heterocycles. The number of aryl methyl sites for hydroxylation is 1. The first-order valence-electron chi connectivity index (χ1n) is 10.5. The van der Waals surface area contributed by atoms with Crippen molar-refractivity contribution >= 4 is 38.3 Å². The van der Waals surface area contributed by atoms with Crippen LogP contribution in [0.25, 0.3) is 0 Å². The quantitative estimate of drug-likeness (QED) is 0.521. The summed E-state index contributed by atoms with van der Waals surface area (Å²) >= 11 is 7.28. The topological polar surface area (TPSA) is 78.4 Å². The Morgan fingerprint density at radius 3 is 2.41 bits per heavy atom. The highest BCUT2D eigenvalue weighted by molar-refractivity contribution is 7.89. The van der Waals surface area contributed by atoms with Crippen LogP contribution in [0.1, 0.15) is 17.0 Å². The van der Waals surface area contributed by atoms with Gasteiger partial charge in [-0.3, -0.25) is 4.90 Å². The number of piperazine rings is 1. The van der Waals surface area contributed by atoms with Crippen LogP contribution in [0.4, 0.5) is 5.13 Å². The van der Waals surface area contributed by atoms with E-state index in [2.05, 4.69) is 50.1 Å². The number of nitrogens with one attached hydrogen (secondary N) is 1. The molecule has 0 radical (unpaired) electrons. The van der Waals surface area contributed by atoms with E-state index in [0.29, 0.717) is 18.1 Å². The number of benzene rings is 2. The van der Waals surface area contributed by atoms with Gasteiger partial charge in [0.1, 0.15) is 5.82 Å². The van der Waals surface area contributed by atoms with E-state index in [9.17, 15) is 8.42 Å². The minimum atomic E-state index is -3.52. The molecule has 0 saturated carbocycles. The van der Waals surface area contributed by atoms with E-state index in [1.165, 1.54) is 34.8 Å². The molecular weight excluding hydrogens is 466 g/mol. The second-order valence-corrected chi connectivity index (χ2v) is 10.8. The third-order valence-corrected chi connectivity index (χ3v) is 7.97. The average Bonchev–Trinajstić information content (AvgIpc) is 3.24. The van der Waals surface area contributed by atoms with Crippen molar-refractivity contribution in [1.29, 1.82) is 0 Å². The van der Waals surface area contributed by atoms with Crippen LogP contribution < -0.4 is 9.62 Å². The Kier molecular flexibility index (Phi) is 7.42. The molecule has 1 N–H and O–H groups in total. The fourth-order valence-corrected chi connectivity index (χ4v) is 5.42. The van der Waals surface area contributed by atoms with Crippen molar-refractivity contribution in [3.63, 3.8) is 0 Å². The Morgan fingerprint density at radius 2 is 1.72 bits per heavy atom. The van der Waals surface area contributed by atoms with Crippen LogP contribution >= 0.6 is 23.1 Å². The second kappa shape index (κ2) is 10.3. The Labute approximate surface area is 198 Å². The van der Waals surface area contributed by atoms with Crippen molar-refractivity contribution < 1.29 is 8.42 Å². The lowest BCUT2D eigenvalue weighted by molar-refractivity contribution is 0.262. The maximum absolute atomic E-state index is 12.4. The van der Waals surface area contributed by atoms with Crippen molar-refractivity contribution in [2.24, 2.45) is 0 Å². The summed E-state index contributed by atoms with van der Waals surface area (Å²) in [7, 11) is -3.52. The smallest absolute Gasteiger partial charge is 0.240 e. The number of hydrogen-bond acceptors (Lipinski definition) is 7. The molecule has 0 unspecified atom stereocenters. The summed E-state index contributed by atoms with van der Waals surface area (Å²) in [5.74, 6) is 0.855. The molecule has 0 amide bonds. The molecule has 10 heteroatoms. The third kappa shape index (κ3) is 6.05. The molecule has 0 spiro atoms. The highest BCUT2D eigenvalue weighted by Crippen LogP contribution is 2.21. The molecule has 3 aromatic rings. The molecule has 1 aliphatic rings. The molecule has 0 atom stereocenters. The zero-order valence-corrected chi connectivity index (χ0v) is 20.3. The van der Waals surface area contributed by atoms with Crippen molar-refractivity contribution in [2.45, 2.75) is 18.2 Å². The lowest BCUT2D eigenvalue weighted by Crippen LogP contribution is -2.48. The van der Waals surface area contributed by atoms with Gasteiger partial charge in [0.2, 0.25) is 15.2 Å². The Morgan fingerprint density at radius 1 is 1.03 bits per heavy atom. The molecule has 4 rings (SSSR count). The summed E-state index contributed by atoms with van der Waals surface area (Å²) in [6.07, 6.45) is 0.741. The number of rotatable bonds is 8. The molecule has 1 saturated heterocycles. The summed E-state index contributed by atoms with van der Waals surface area (Å²) < 4.78 is 32.0. The first-order chi connectivity index (χ1) is 15.4. The van der Waals surface area contributed by atoms with Gasteiger partial charge >= 0.3 is 0 Å². The molecule has 2 heterocycles. The average molecular weight is 492 g/mol. The zero-order valence-electron chi connectivity index (χ0n) is 17.9. The largest absolute Gasteiger partial charge is 0.344 e. The van der Waals surface area contributed by atoms with Gasteiger partial charge < -0.3 is 4.90 Å². The number of anilines is 1. The van der Waals surface area contributed by atoms with Crippen molar-refractivity contribution in [3.05, 3.63) is 70.5 Å². The van der Waals surface area contributed by atoms with Gasteiger partial charge in [-0.15, -0.1) is 0 Å². The molecule has 170 valence electrons.